The molecule has 2 heteroatoms. The maximum atomic E-state index is 11.9. The van der Waals surface area contributed by atoms with Crippen molar-refractivity contribution in [3.05, 3.63) is 41.5 Å². The van der Waals surface area contributed by atoms with Gasteiger partial charge in [-0.05, 0) is 18.1 Å². The van der Waals surface area contributed by atoms with E-state index in [0.717, 1.165) is 12.0 Å². The van der Waals surface area contributed by atoms with Crippen LogP contribution in [0.15, 0.2) is 35.9 Å². The number of carbonyl (C=O) groups is 1. The van der Waals surface area contributed by atoms with Crippen molar-refractivity contribution in [3.63, 3.8) is 0 Å². The summed E-state index contributed by atoms with van der Waals surface area (Å²) in [5, 5.41) is 0. The standard InChI is InChI=1S/C17H20O2/c1-4-12-19-17(18)16(11-10-14(2)3)13-15-8-6-5-7-9-15/h5-9,13-14H,4,12H2,1-3H3. The molecule has 0 bridgehead atoms. The maximum Gasteiger partial charge on any atom is 0.346 e. The number of carbonyl (C=O) groups excluding carboxylic acids is 1. The molecule has 0 aliphatic carbocycles. The van der Waals surface area contributed by atoms with Gasteiger partial charge in [-0.2, -0.15) is 0 Å². The molecule has 0 N–H and O–H groups in total. The molecule has 0 aliphatic heterocycles. The Kier molecular flexibility index (Phi) is 6.46. The minimum atomic E-state index is -0.348. The van der Waals surface area contributed by atoms with Gasteiger partial charge in [0.25, 0.3) is 0 Å². The van der Waals surface area contributed by atoms with Gasteiger partial charge in [-0.1, -0.05) is 62.9 Å². The van der Waals surface area contributed by atoms with E-state index in [0.29, 0.717) is 12.2 Å². The summed E-state index contributed by atoms with van der Waals surface area (Å²) < 4.78 is 5.15. The normalized spacial score (nSPS) is 10.8. The summed E-state index contributed by atoms with van der Waals surface area (Å²) in [4.78, 5) is 11.9. The van der Waals surface area contributed by atoms with E-state index in [1.807, 2.05) is 51.1 Å². The van der Waals surface area contributed by atoms with Crippen LogP contribution in [-0.2, 0) is 9.53 Å². The lowest BCUT2D eigenvalue weighted by atomic mass is 10.1. The Morgan fingerprint density at radius 1 is 1.32 bits per heavy atom. The van der Waals surface area contributed by atoms with Gasteiger partial charge in [0, 0.05) is 5.92 Å². The third-order valence-electron chi connectivity index (χ3n) is 2.26. The van der Waals surface area contributed by atoms with E-state index in [-0.39, 0.29) is 11.9 Å². The average molecular weight is 256 g/mol. The lowest BCUT2D eigenvalue weighted by Gasteiger charge is -2.03. The highest BCUT2D eigenvalue weighted by atomic mass is 16.5. The summed E-state index contributed by atoms with van der Waals surface area (Å²) >= 11 is 0. The molecule has 19 heavy (non-hydrogen) atoms. The van der Waals surface area contributed by atoms with Crippen LogP contribution in [0.4, 0.5) is 0 Å². The fraction of sp³-hybridized carbons (Fsp3) is 0.353. The number of hydrogen-bond donors (Lipinski definition) is 0. The molecule has 1 aromatic rings. The van der Waals surface area contributed by atoms with Gasteiger partial charge < -0.3 is 4.74 Å². The Morgan fingerprint density at radius 3 is 2.58 bits per heavy atom. The third kappa shape index (κ3) is 5.92. The topological polar surface area (TPSA) is 26.3 Å². The molecule has 0 radical (unpaired) electrons. The molecule has 100 valence electrons. The first-order chi connectivity index (χ1) is 9.13. The van der Waals surface area contributed by atoms with Crippen molar-refractivity contribution in [1.29, 1.82) is 0 Å². The molecule has 1 aromatic carbocycles. The SMILES string of the molecule is CCCOC(=O)C(C#CC(C)C)=Cc1ccccc1. The van der Waals surface area contributed by atoms with E-state index in [4.69, 9.17) is 4.74 Å². The van der Waals surface area contributed by atoms with Crippen LogP contribution in [0.1, 0.15) is 32.8 Å². The van der Waals surface area contributed by atoms with Crippen LogP contribution in [0.3, 0.4) is 0 Å². The van der Waals surface area contributed by atoms with Crippen molar-refractivity contribution >= 4 is 12.0 Å². The molecule has 0 spiro atoms. The minimum absolute atomic E-state index is 0.221. The van der Waals surface area contributed by atoms with E-state index in [1.165, 1.54) is 0 Å². The highest BCUT2D eigenvalue weighted by molar-refractivity contribution is 5.98. The van der Waals surface area contributed by atoms with Gasteiger partial charge in [0.2, 0.25) is 0 Å². The van der Waals surface area contributed by atoms with Gasteiger partial charge in [-0.25, -0.2) is 4.79 Å². The van der Waals surface area contributed by atoms with Gasteiger partial charge in [0.1, 0.15) is 5.57 Å². The highest BCUT2D eigenvalue weighted by Gasteiger charge is 2.08. The monoisotopic (exact) mass is 256 g/mol. The zero-order valence-electron chi connectivity index (χ0n) is 11.8. The van der Waals surface area contributed by atoms with Crippen molar-refractivity contribution in [2.75, 3.05) is 6.61 Å². The Balaban J connectivity index is 2.96. The van der Waals surface area contributed by atoms with E-state index in [1.54, 1.807) is 6.08 Å². The Labute approximate surface area is 115 Å². The summed E-state index contributed by atoms with van der Waals surface area (Å²) in [5.74, 6) is 5.79. The average Bonchev–Trinajstić information content (AvgIpc) is 2.41. The lowest BCUT2D eigenvalue weighted by Crippen LogP contribution is -2.07. The molecule has 0 saturated heterocycles. The van der Waals surface area contributed by atoms with Gasteiger partial charge in [-0.3, -0.25) is 0 Å². The number of rotatable bonds is 4. The first-order valence-electron chi connectivity index (χ1n) is 6.59. The first kappa shape index (κ1) is 15.0. The van der Waals surface area contributed by atoms with E-state index >= 15 is 0 Å². The number of ether oxygens (including phenoxy) is 1. The van der Waals surface area contributed by atoms with Crippen molar-refractivity contribution < 1.29 is 9.53 Å². The molecule has 0 heterocycles. The van der Waals surface area contributed by atoms with Crippen LogP contribution in [-0.4, -0.2) is 12.6 Å². The molecule has 1 rings (SSSR count). The molecular formula is C17H20O2. The van der Waals surface area contributed by atoms with Crippen LogP contribution in [0, 0.1) is 17.8 Å². The second-order valence-electron chi connectivity index (χ2n) is 4.53. The first-order valence-corrected chi connectivity index (χ1v) is 6.59. The molecule has 0 atom stereocenters. The van der Waals surface area contributed by atoms with Crippen LogP contribution in [0.2, 0.25) is 0 Å². The Hall–Kier alpha value is -2.01. The molecule has 0 fully saturated rings. The number of hydrogen-bond acceptors (Lipinski definition) is 2. The smallest absolute Gasteiger partial charge is 0.346 e. The summed E-state index contributed by atoms with van der Waals surface area (Å²) in [5.41, 5.74) is 1.36. The maximum absolute atomic E-state index is 11.9. The number of benzene rings is 1. The second-order valence-corrected chi connectivity index (χ2v) is 4.53. The number of esters is 1. The zero-order chi connectivity index (χ0) is 14.1. The fourth-order valence-corrected chi connectivity index (χ4v) is 1.36. The van der Waals surface area contributed by atoms with E-state index in [9.17, 15) is 4.79 Å². The molecule has 0 saturated carbocycles. The van der Waals surface area contributed by atoms with Crippen molar-refractivity contribution in [2.24, 2.45) is 5.92 Å². The Morgan fingerprint density at radius 2 is 2.00 bits per heavy atom. The lowest BCUT2D eigenvalue weighted by molar-refractivity contribution is -0.138. The minimum Gasteiger partial charge on any atom is -0.462 e. The molecule has 0 unspecified atom stereocenters. The van der Waals surface area contributed by atoms with Crippen LogP contribution in [0.5, 0.6) is 0 Å². The summed E-state index contributed by atoms with van der Waals surface area (Å²) in [6, 6.07) is 9.66. The fourth-order valence-electron chi connectivity index (χ4n) is 1.36. The van der Waals surface area contributed by atoms with E-state index < -0.39 is 0 Å². The van der Waals surface area contributed by atoms with Crippen molar-refractivity contribution in [2.45, 2.75) is 27.2 Å². The van der Waals surface area contributed by atoms with Gasteiger partial charge in [0.15, 0.2) is 0 Å². The van der Waals surface area contributed by atoms with Crippen LogP contribution >= 0.6 is 0 Å². The molecule has 0 aromatic heterocycles. The predicted octanol–water partition coefficient (Wildman–Crippen LogP) is 3.68. The predicted molar refractivity (Wildman–Crippen MR) is 78.3 cm³/mol. The highest BCUT2D eigenvalue weighted by Crippen LogP contribution is 2.08. The third-order valence-corrected chi connectivity index (χ3v) is 2.26. The zero-order valence-corrected chi connectivity index (χ0v) is 11.8. The largest absolute Gasteiger partial charge is 0.462 e. The molecule has 0 aliphatic rings. The Bertz CT molecular complexity index is 487. The summed E-state index contributed by atoms with van der Waals surface area (Å²) in [7, 11) is 0. The van der Waals surface area contributed by atoms with Crippen molar-refractivity contribution in [3.8, 4) is 11.8 Å². The van der Waals surface area contributed by atoms with Crippen molar-refractivity contribution in [1.82, 2.24) is 0 Å². The summed E-state index contributed by atoms with van der Waals surface area (Å²) in [6.45, 7) is 6.37. The molecule has 0 amide bonds. The van der Waals surface area contributed by atoms with Crippen LogP contribution in [0.25, 0.3) is 6.08 Å². The van der Waals surface area contributed by atoms with Crippen LogP contribution < -0.4 is 0 Å². The molecule has 2 nitrogen and oxygen atoms in total. The summed E-state index contributed by atoms with van der Waals surface area (Å²) in [6.07, 6.45) is 2.58. The van der Waals surface area contributed by atoms with Gasteiger partial charge in [-0.15, -0.1) is 0 Å². The van der Waals surface area contributed by atoms with E-state index in [2.05, 4.69) is 11.8 Å². The quantitative estimate of drug-likeness (QED) is 0.466. The van der Waals surface area contributed by atoms with Gasteiger partial charge >= 0.3 is 5.97 Å². The second kappa shape index (κ2) is 8.16. The molecular weight excluding hydrogens is 236 g/mol. The van der Waals surface area contributed by atoms with Gasteiger partial charge in [0.05, 0.1) is 6.61 Å².